The Balaban J connectivity index is 1.96. The molecule has 1 heterocycles. The fourth-order valence-corrected chi connectivity index (χ4v) is 4.16. The van der Waals surface area contributed by atoms with Crippen LogP contribution in [0.15, 0.2) is 53.8 Å². The van der Waals surface area contributed by atoms with Crippen LogP contribution in [0.4, 0.5) is 13.2 Å². The maximum absolute atomic E-state index is 13.8. The lowest BCUT2D eigenvalue weighted by Crippen LogP contribution is -2.35. The predicted octanol–water partition coefficient (Wildman–Crippen LogP) is 5.45. The van der Waals surface area contributed by atoms with Crippen LogP contribution < -0.4 is 5.32 Å². The van der Waals surface area contributed by atoms with Crippen molar-refractivity contribution in [3.8, 4) is 0 Å². The second-order valence-corrected chi connectivity index (χ2v) is 8.54. The summed E-state index contributed by atoms with van der Waals surface area (Å²) < 4.78 is 46.7. The first-order valence-electron chi connectivity index (χ1n) is 10.8. The maximum atomic E-state index is 13.8. The van der Waals surface area contributed by atoms with E-state index in [1.807, 2.05) is 0 Å². The fraction of sp³-hybridized carbons (Fsp3) is 0.333. The Bertz CT molecular complexity index is 1140. The molecule has 188 valence electrons. The van der Waals surface area contributed by atoms with E-state index < -0.39 is 40.9 Å². The van der Waals surface area contributed by atoms with E-state index in [0.717, 1.165) is 11.0 Å². The number of alkyl halides is 3. The smallest absolute Gasteiger partial charge is 0.416 e. The van der Waals surface area contributed by atoms with E-state index in [0.29, 0.717) is 23.6 Å². The molecule has 1 aliphatic heterocycles. The SMILES string of the molecule is CCOCCCN1C(=O)C(O)=C(C(=O)NCc2ccc(Cl)c(Cl)c2)C1c1ccccc1C(F)(F)F. The van der Waals surface area contributed by atoms with Crippen LogP contribution in [0.3, 0.4) is 0 Å². The summed E-state index contributed by atoms with van der Waals surface area (Å²) in [5, 5.41) is 13.7. The molecule has 6 nitrogen and oxygen atoms in total. The molecule has 1 unspecified atom stereocenters. The minimum absolute atomic E-state index is 0.0245. The average Bonchev–Trinajstić information content (AvgIpc) is 3.06. The van der Waals surface area contributed by atoms with Gasteiger partial charge in [-0.05, 0) is 42.7 Å². The van der Waals surface area contributed by atoms with Gasteiger partial charge in [0.05, 0.1) is 27.2 Å². The number of hydrogen-bond donors (Lipinski definition) is 2. The van der Waals surface area contributed by atoms with Gasteiger partial charge in [-0.15, -0.1) is 0 Å². The Kier molecular flexibility index (Phi) is 8.69. The quantitative estimate of drug-likeness (QED) is 0.422. The first kappa shape index (κ1) is 26.8. The number of nitrogens with zero attached hydrogens (tertiary/aromatic N) is 1. The largest absolute Gasteiger partial charge is 0.503 e. The van der Waals surface area contributed by atoms with Crippen LogP contribution in [-0.4, -0.2) is 41.6 Å². The molecule has 0 radical (unpaired) electrons. The van der Waals surface area contributed by atoms with Crippen molar-refractivity contribution in [2.75, 3.05) is 19.8 Å². The number of rotatable bonds is 9. The first-order valence-corrected chi connectivity index (χ1v) is 11.5. The molecule has 35 heavy (non-hydrogen) atoms. The topological polar surface area (TPSA) is 78.9 Å². The highest BCUT2D eigenvalue weighted by Crippen LogP contribution is 2.43. The van der Waals surface area contributed by atoms with Gasteiger partial charge in [-0.3, -0.25) is 9.59 Å². The number of carbonyl (C=O) groups is 2. The zero-order chi connectivity index (χ0) is 25.8. The molecule has 11 heteroatoms. The summed E-state index contributed by atoms with van der Waals surface area (Å²) in [6.45, 7) is 2.39. The van der Waals surface area contributed by atoms with E-state index in [4.69, 9.17) is 27.9 Å². The lowest BCUT2D eigenvalue weighted by molar-refractivity contribution is -0.140. The van der Waals surface area contributed by atoms with Crippen LogP contribution in [0.5, 0.6) is 0 Å². The molecule has 0 aliphatic carbocycles. The molecule has 0 saturated carbocycles. The third-order valence-corrected chi connectivity index (χ3v) is 6.18. The van der Waals surface area contributed by atoms with Crippen molar-refractivity contribution in [3.63, 3.8) is 0 Å². The van der Waals surface area contributed by atoms with Crippen molar-refractivity contribution in [1.82, 2.24) is 10.2 Å². The lowest BCUT2D eigenvalue weighted by atomic mass is 9.93. The molecule has 3 rings (SSSR count). The number of benzene rings is 2. The summed E-state index contributed by atoms with van der Waals surface area (Å²) in [6.07, 6.45) is -4.44. The maximum Gasteiger partial charge on any atom is 0.416 e. The van der Waals surface area contributed by atoms with Gasteiger partial charge in [-0.1, -0.05) is 47.5 Å². The number of halogens is 5. The van der Waals surface area contributed by atoms with Crippen LogP contribution in [0.1, 0.15) is 36.1 Å². The van der Waals surface area contributed by atoms with Crippen molar-refractivity contribution >= 4 is 35.0 Å². The highest BCUT2D eigenvalue weighted by molar-refractivity contribution is 6.42. The highest BCUT2D eigenvalue weighted by atomic mass is 35.5. The van der Waals surface area contributed by atoms with Crippen molar-refractivity contribution in [3.05, 3.63) is 80.5 Å². The Hall–Kier alpha value is -2.75. The Labute approximate surface area is 210 Å². The molecule has 2 aromatic rings. The summed E-state index contributed by atoms with van der Waals surface area (Å²) >= 11 is 11.9. The number of ether oxygens (including phenoxy) is 1. The van der Waals surface area contributed by atoms with Gasteiger partial charge in [0.2, 0.25) is 0 Å². The summed E-state index contributed by atoms with van der Waals surface area (Å²) in [4.78, 5) is 27.1. The minimum atomic E-state index is -4.74. The Morgan fingerprint density at radius 2 is 1.89 bits per heavy atom. The molecule has 1 aliphatic rings. The van der Waals surface area contributed by atoms with E-state index in [1.54, 1.807) is 13.0 Å². The molecule has 2 amide bonds. The average molecular weight is 531 g/mol. The number of aliphatic hydroxyl groups excluding tert-OH is 1. The fourth-order valence-electron chi connectivity index (χ4n) is 3.84. The van der Waals surface area contributed by atoms with Crippen molar-refractivity contribution in [2.45, 2.75) is 32.1 Å². The molecule has 1 atom stereocenters. The molecule has 2 aromatic carbocycles. The molecule has 0 bridgehead atoms. The number of amides is 2. The van der Waals surface area contributed by atoms with Gasteiger partial charge in [-0.2, -0.15) is 13.2 Å². The zero-order valence-electron chi connectivity index (χ0n) is 18.7. The minimum Gasteiger partial charge on any atom is -0.503 e. The normalized spacial score (nSPS) is 16.2. The van der Waals surface area contributed by atoms with E-state index >= 15 is 0 Å². The predicted molar refractivity (Wildman–Crippen MR) is 125 cm³/mol. The van der Waals surface area contributed by atoms with Crippen LogP contribution in [0.2, 0.25) is 10.0 Å². The van der Waals surface area contributed by atoms with E-state index in [-0.39, 0.29) is 30.3 Å². The number of hydrogen-bond acceptors (Lipinski definition) is 4. The van der Waals surface area contributed by atoms with E-state index in [1.165, 1.54) is 30.3 Å². The molecule has 0 spiro atoms. The zero-order valence-corrected chi connectivity index (χ0v) is 20.2. The molecule has 2 N–H and O–H groups in total. The standard InChI is InChI=1S/C24H23Cl2F3N2O4/c1-2-35-11-5-10-31-20(15-6-3-4-7-16(15)24(27,28)29)19(21(32)23(31)34)22(33)30-13-14-8-9-17(25)18(26)12-14/h3-4,6-9,12,20,32H,2,5,10-11,13H2,1H3,(H,30,33). The highest BCUT2D eigenvalue weighted by Gasteiger charge is 2.46. The van der Waals surface area contributed by atoms with Crippen molar-refractivity contribution in [2.24, 2.45) is 0 Å². The van der Waals surface area contributed by atoms with Crippen molar-refractivity contribution < 1.29 is 32.6 Å². The Morgan fingerprint density at radius 3 is 2.54 bits per heavy atom. The number of nitrogens with one attached hydrogen (secondary N) is 1. The molecule has 0 fully saturated rings. The molecule has 0 saturated heterocycles. The van der Waals surface area contributed by atoms with E-state index in [9.17, 15) is 27.9 Å². The second-order valence-electron chi connectivity index (χ2n) is 7.73. The first-order chi connectivity index (χ1) is 16.6. The van der Waals surface area contributed by atoms with Crippen LogP contribution in [0.25, 0.3) is 0 Å². The van der Waals surface area contributed by atoms with Gasteiger partial charge < -0.3 is 20.1 Å². The summed E-state index contributed by atoms with van der Waals surface area (Å²) in [7, 11) is 0. The number of carbonyl (C=O) groups excluding carboxylic acids is 2. The van der Waals surface area contributed by atoms with Crippen molar-refractivity contribution in [1.29, 1.82) is 0 Å². The van der Waals surface area contributed by atoms with Gasteiger partial charge in [0.25, 0.3) is 11.8 Å². The summed E-state index contributed by atoms with van der Waals surface area (Å²) in [5.41, 5.74) is -1.20. The molecular formula is C24H23Cl2F3N2O4. The molecule has 0 aromatic heterocycles. The van der Waals surface area contributed by atoms with Crippen LogP contribution >= 0.6 is 23.2 Å². The van der Waals surface area contributed by atoms with E-state index in [2.05, 4.69) is 5.32 Å². The van der Waals surface area contributed by atoms with Crippen LogP contribution in [-0.2, 0) is 27.0 Å². The second kappa shape index (κ2) is 11.3. The third kappa shape index (κ3) is 6.09. The van der Waals surface area contributed by atoms with Crippen LogP contribution in [0, 0.1) is 0 Å². The van der Waals surface area contributed by atoms with Gasteiger partial charge in [0, 0.05) is 26.3 Å². The van der Waals surface area contributed by atoms with Gasteiger partial charge in [0.1, 0.15) is 0 Å². The Morgan fingerprint density at radius 1 is 1.17 bits per heavy atom. The van der Waals surface area contributed by atoms with Gasteiger partial charge in [-0.25, -0.2) is 0 Å². The lowest BCUT2D eigenvalue weighted by Gasteiger charge is -2.29. The molecular weight excluding hydrogens is 508 g/mol. The monoisotopic (exact) mass is 530 g/mol. The number of aliphatic hydroxyl groups is 1. The summed E-state index contributed by atoms with van der Waals surface area (Å²) in [6, 6.07) is 7.90. The third-order valence-electron chi connectivity index (χ3n) is 5.44. The van der Waals surface area contributed by atoms with Gasteiger partial charge in [0.15, 0.2) is 5.76 Å². The van der Waals surface area contributed by atoms with Gasteiger partial charge >= 0.3 is 6.18 Å². The summed E-state index contributed by atoms with van der Waals surface area (Å²) in [5.74, 6) is -2.70.